The molecule has 0 aliphatic heterocycles. The Morgan fingerprint density at radius 3 is 2.89 bits per heavy atom. The minimum Gasteiger partial charge on any atom is -0.487 e. The maximum atomic E-state index is 9.99. The first-order valence-electron chi connectivity index (χ1n) is 7.04. The highest BCUT2D eigenvalue weighted by Crippen LogP contribution is 2.28. The molecule has 3 nitrogen and oxygen atoms in total. The Morgan fingerprint density at radius 1 is 1.37 bits per heavy atom. The maximum Gasteiger partial charge on any atom is 0.124 e. The summed E-state index contributed by atoms with van der Waals surface area (Å²) in [7, 11) is 0. The number of benzene rings is 1. The number of hydrogen-bond acceptors (Lipinski definition) is 3. The van der Waals surface area contributed by atoms with Gasteiger partial charge in [0, 0.05) is 17.1 Å². The van der Waals surface area contributed by atoms with E-state index >= 15 is 0 Å². The summed E-state index contributed by atoms with van der Waals surface area (Å²) in [6, 6.07) is 5.66. The smallest absolute Gasteiger partial charge is 0.124 e. The standard InChI is InChI=1S/C15H22ClNO2/c1-2-17-10-11-9-12(16)7-8-14(11)19-15-6-4-3-5-13(15)18/h7-9,13,15,17-18H,2-6,10H2,1H3. The highest BCUT2D eigenvalue weighted by molar-refractivity contribution is 6.30. The molecule has 2 unspecified atom stereocenters. The fraction of sp³-hybridized carbons (Fsp3) is 0.600. The van der Waals surface area contributed by atoms with E-state index in [0.717, 1.165) is 50.1 Å². The Kier molecular flexibility index (Phi) is 5.49. The first-order chi connectivity index (χ1) is 9.20. The number of nitrogens with one attached hydrogen (secondary N) is 1. The minimum absolute atomic E-state index is 0.0877. The van der Waals surface area contributed by atoms with Gasteiger partial charge in [0.1, 0.15) is 11.9 Å². The molecular formula is C15H22ClNO2. The molecule has 1 aliphatic carbocycles. The Bertz CT molecular complexity index is 411. The van der Waals surface area contributed by atoms with Gasteiger partial charge in [-0.3, -0.25) is 0 Å². The first kappa shape index (κ1) is 14.6. The second kappa shape index (κ2) is 7.13. The zero-order chi connectivity index (χ0) is 13.7. The van der Waals surface area contributed by atoms with E-state index in [-0.39, 0.29) is 12.2 Å². The van der Waals surface area contributed by atoms with E-state index in [1.54, 1.807) is 0 Å². The van der Waals surface area contributed by atoms with Crippen molar-refractivity contribution < 1.29 is 9.84 Å². The molecule has 2 rings (SSSR count). The van der Waals surface area contributed by atoms with Crippen LogP contribution in [0.25, 0.3) is 0 Å². The second-order valence-corrected chi connectivity index (χ2v) is 5.48. The molecule has 4 heteroatoms. The average Bonchev–Trinajstić information content (AvgIpc) is 2.41. The zero-order valence-electron chi connectivity index (χ0n) is 11.4. The number of rotatable bonds is 5. The van der Waals surface area contributed by atoms with Crippen LogP contribution in [0.1, 0.15) is 38.2 Å². The van der Waals surface area contributed by atoms with Crippen molar-refractivity contribution in [1.82, 2.24) is 5.32 Å². The topological polar surface area (TPSA) is 41.5 Å². The van der Waals surface area contributed by atoms with Crippen LogP contribution in [0, 0.1) is 0 Å². The van der Waals surface area contributed by atoms with E-state index in [1.807, 2.05) is 18.2 Å². The van der Waals surface area contributed by atoms with Crippen molar-refractivity contribution in [3.63, 3.8) is 0 Å². The summed E-state index contributed by atoms with van der Waals surface area (Å²) in [5.74, 6) is 0.830. The van der Waals surface area contributed by atoms with Crippen LogP contribution in [0.2, 0.25) is 5.02 Å². The largest absolute Gasteiger partial charge is 0.487 e. The lowest BCUT2D eigenvalue weighted by molar-refractivity contribution is 0.00636. The van der Waals surface area contributed by atoms with Crippen LogP contribution in [-0.4, -0.2) is 23.9 Å². The summed E-state index contributed by atoms with van der Waals surface area (Å²) in [6.07, 6.45) is 3.53. The second-order valence-electron chi connectivity index (χ2n) is 5.04. The summed E-state index contributed by atoms with van der Waals surface area (Å²) in [4.78, 5) is 0. The molecule has 1 saturated carbocycles. The number of aliphatic hydroxyl groups is 1. The highest BCUT2D eigenvalue weighted by atomic mass is 35.5. The third-order valence-electron chi connectivity index (χ3n) is 3.53. The van der Waals surface area contributed by atoms with Gasteiger partial charge in [-0.25, -0.2) is 0 Å². The van der Waals surface area contributed by atoms with E-state index in [0.29, 0.717) is 5.02 Å². The lowest BCUT2D eigenvalue weighted by atomic mass is 9.95. The predicted molar refractivity (Wildman–Crippen MR) is 77.7 cm³/mol. The van der Waals surface area contributed by atoms with Gasteiger partial charge < -0.3 is 15.2 Å². The van der Waals surface area contributed by atoms with Crippen LogP contribution >= 0.6 is 11.6 Å². The monoisotopic (exact) mass is 283 g/mol. The molecule has 0 bridgehead atoms. The van der Waals surface area contributed by atoms with Gasteiger partial charge in [-0.05, 0) is 44.0 Å². The predicted octanol–water partition coefficient (Wildman–Crippen LogP) is 3.13. The fourth-order valence-electron chi connectivity index (χ4n) is 2.44. The molecule has 1 fully saturated rings. The minimum atomic E-state index is -0.351. The van der Waals surface area contributed by atoms with Crippen LogP contribution < -0.4 is 10.1 Å². The van der Waals surface area contributed by atoms with Crippen molar-refractivity contribution in [3.05, 3.63) is 28.8 Å². The normalized spacial score (nSPS) is 23.3. The summed E-state index contributed by atoms with van der Waals surface area (Å²) in [6.45, 7) is 3.70. The molecule has 0 radical (unpaired) electrons. The molecule has 1 aliphatic rings. The molecule has 0 spiro atoms. The molecular weight excluding hydrogens is 262 g/mol. The molecule has 19 heavy (non-hydrogen) atoms. The number of ether oxygens (including phenoxy) is 1. The van der Waals surface area contributed by atoms with Gasteiger partial charge >= 0.3 is 0 Å². The van der Waals surface area contributed by atoms with Gasteiger partial charge in [0.05, 0.1) is 6.10 Å². The quantitative estimate of drug-likeness (QED) is 0.872. The molecule has 0 aromatic heterocycles. The van der Waals surface area contributed by atoms with Crippen molar-refractivity contribution in [2.45, 2.75) is 51.4 Å². The van der Waals surface area contributed by atoms with Crippen LogP contribution in [0.5, 0.6) is 5.75 Å². The Morgan fingerprint density at radius 2 is 2.16 bits per heavy atom. The zero-order valence-corrected chi connectivity index (χ0v) is 12.1. The molecule has 106 valence electrons. The van der Waals surface area contributed by atoms with Gasteiger partial charge in [-0.15, -0.1) is 0 Å². The van der Waals surface area contributed by atoms with E-state index in [2.05, 4.69) is 12.2 Å². The van der Waals surface area contributed by atoms with Crippen LogP contribution in [0.15, 0.2) is 18.2 Å². The Hall–Kier alpha value is -0.770. The van der Waals surface area contributed by atoms with Crippen molar-refractivity contribution in [2.24, 2.45) is 0 Å². The molecule has 2 N–H and O–H groups in total. The van der Waals surface area contributed by atoms with Crippen molar-refractivity contribution in [3.8, 4) is 5.75 Å². The summed E-state index contributed by atoms with van der Waals surface area (Å²) in [5, 5.41) is 14.0. The molecule has 0 heterocycles. The number of halogens is 1. The van der Waals surface area contributed by atoms with Gasteiger partial charge in [-0.1, -0.05) is 24.9 Å². The first-order valence-corrected chi connectivity index (χ1v) is 7.42. The molecule has 0 saturated heterocycles. The van der Waals surface area contributed by atoms with Gasteiger partial charge in [-0.2, -0.15) is 0 Å². The average molecular weight is 284 g/mol. The van der Waals surface area contributed by atoms with Crippen LogP contribution in [-0.2, 0) is 6.54 Å². The van der Waals surface area contributed by atoms with E-state index in [1.165, 1.54) is 0 Å². The van der Waals surface area contributed by atoms with Crippen LogP contribution in [0.4, 0.5) is 0 Å². The van der Waals surface area contributed by atoms with Crippen molar-refractivity contribution >= 4 is 11.6 Å². The van der Waals surface area contributed by atoms with Crippen molar-refractivity contribution in [2.75, 3.05) is 6.54 Å². The molecule has 2 atom stereocenters. The molecule has 1 aromatic carbocycles. The van der Waals surface area contributed by atoms with Gasteiger partial charge in [0.2, 0.25) is 0 Å². The van der Waals surface area contributed by atoms with Gasteiger partial charge in [0.25, 0.3) is 0 Å². The lowest BCUT2D eigenvalue weighted by Crippen LogP contribution is -2.35. The third-order valence-corrected chi connectivity index (χ3v) is 3.77. The highest BCUT2D eigenvalue weighted by Gasteiger charge is 2.25. The summed E-state index contributed by atoms with van der Waals surface area (Å²) < 4.78 is 6.00. The number of hydrogen-bond donors (Lipinski definition) is 2. The summed E-state index contributed by atoms with van der Waals surface area (Å²) >= 11 is 6.03. The van der Waals surface area contributed by atoms with E-state index in [9.17, 15) is 5.11 Å². The fourth-order valence-corrected chi connectivity index (χ4v) is 2.63. The lowest BCUT2D eigenvalue weighted by Gasteiger charge is -2.29. The van der Waals surface area contributed by atoms with E-state index in [4.69, 9.17) is 16.3 Å². The van der Waals surface area contributed by atoms with Gasteiger partial charge in [0.15, 0.2) is 0 Å². The maximum absolute atomic E-state index is 9.99. The Labute approximate surface area is 119 Å². The molecule has 0 amide bonds. The SMILES string of the molecule is CCNCc1cc(Cl)ccc1OC1CCCCC1O. The van der Waals surface area contributed by atoms with E-state index < -0.39 is 0 Å². The van der Waals surface area contributed by atoms with Crippen molar-refractivity contribution in [1.29, 1.82) is 0 Å². The number of aliphatic hydroxyl groups excluding tert-OH is 1. The Balaban J connectivity index is 2.09. The third kappa shape index (κ3) is 4.10. The van der Waals surface area contributed by atoms with Crippen LogP contribution in [0.3, 0.4) is 0 Å². The molecule has 1 aromatic rings. The summed E-state index contributed by atoms with van der Waals surface area (Å²) in [5.41, 5.74) is 1.05.